The molecule has 5 fully saturated rings. The molecule has 0 aromatic heterocycles. The van der Waals surface area contributed by atoms with Crippen LogP contribution in [0.3, 0.4) is 0 Å². The topological polar surface area (TPSA) is 333 Å². The van der Waals surface area contributed by atoms with Crippen molar-refractivity contribution in [2.45, 2.75) is 104 Å². The Morgan fingerprint density at radius 1 is 0.460 bits per heavy atom. The van der Waals surface area contributed by atoms with E-state index in [1.807, 2.05) is 0 Å². The molecule has 0 aliphatic carbocycles. The first-order valence-corrected chi connectivity index (χ1v) is 20.2. The van der Waals surface area contributed by atoms with Gasteiger partial charge in [-0.05, 0) is 35.4 Å². The van der Waals surface area contributed by atoms with E-state index in [-0.39, 0.29) is 59.5 Å². The van der Waals surface area contributed by atoms with Gasteiger partial charge in [-0.2, -0.15) is 0 Å². The zero-order valence-corrected chi connectivity index (χ0v) is 34.6. The van der Waals surface area contributed by atoms with Gasteiger partial charge < -0.3 is 113 Å². The molecule has 5 aliphatic heterocycles. The first kappa shape index (κ1) is 47.5. The maximum Gasteiger partial charge on any atom is 0.229 e. The second kappa shape index (κ2) is 20.0. The summed E-state index contributed by atoms with van der Waals surface area (Å²) in [6.45, 7) is -1.37. The molecule has 354 valence electrons. The van der Waals surface area contributed by atoms with Crippen molar-refractivity contribution in [2.75, 3.05) is 61.5 Å². The fraction of sp³-hybridized carbons (Fsp3) is 0.700. The van der Waals surface area contributed by atoms with E-state index >= 15 is 0 Å². The number of aliphatic hydroxyl groups excluding tert-OH is 11. The highest BCUT2D eigenvalue weighted by Crippen LogP contribution is 2.54. The van der Waals surface area contributed by atoms with Crippen LogP contribution < -0.4 is 28.4 Å². The summed E-state index contributed by atoms with van der Waals surface area (Å²) in [5, 5.41) is 113. The average molecular weight is 905 g/mol. The van der Waals surface area contributed by atoms with Gasteiger partial charge in [0.05, 0.1) is 73.7 Å². The Kier molecular flexibility index (Phi) is 15.1. The number of fused-ring (bicyclic) bond motifs is 1. The van der Waals surface area contributed by atoms with E-state index in [9.17, 15) is 56.2 Å². The number of methoxy groups -OCH3 is 4. The fourth-order valence-electron chi connectivity index (χ4n) is 8.54. The van der Waals surface area contributed by atoms with Crippen LogP contribution in [0, 0.1) is 11.8 Å². The Bertz CT molecular complexity index is 1780. The number of ether oxygens (including phenoxy) is 12. The molecule has 0 bridgehead atoms. The summed E-state index contributed by atoms with van der Waals surface area (Å²) in [4.78, 5) is 0. The van der Waals surface area contributed by atoms with Crippen molar-refractivity contribution < 1.29 is 113 Å². The van der Waals surface area contributed by atoms with E-state index in [0.29, 0.717) is 11.1 Å². The second-order valence-corrected chi connectivity index (χ2v) is 15.8. The molecule has 5 saturated heterocycles. The molecule has 0 amide bonds. The summed E-state index contributed by atoms with van der Waals surface area (Å²) >= 11 is 0. The van der Waals surface area contributed by atoms with Crippen molar-refractivity contribution in [2.24, 2.45) is 11.8 Å². The molecule has 5 aliphatic rings. The van der Waals surface area contributed by atoms with E-state index in [4.69, 9.17) is 56.8 Å². The largest absolute Gasteiger partial charge is 0.493 e. The van der Waals surface area contributed by atoms with Crippen molar-refractivity contribution in [3.63, 3.8) is 0 Å². The molecule has 0 unspecified atom stereocenters. The van der Waals surface area contributed by atoms with E-state index in [2.05, 4.69) is 0 Å². The Hall–Kier alpha value is -3.44. The SMILES string of the molecule is COc1cc([C@@H]2OC[C@H]3[C@@H]2CO[C@@H]3c2cc(OC)c(O[C@@H]3O[C@H](CO[C@@H]4O[C@H](CO)[C@@H](O)[C@H](O)[C@H]4O)[C@@H](O)[C@H](O)[C@H]3O)c(OC)c2)cc(OC)c1O[C@@H]1O[C@H](CO)[C@@H](O)[C@H](O)[C@H]1O. The average Bonchev–Trinajstić information content (AvgIpc) is 3.91. The molecule has 19 atom stereocenters. The van der Waals surface area contributed by atoms with Crippen LogP contribution in [0.15, 0.2) is 24.3 Å². The van der Waals surface area contributed by atoms with Crippen LogP contribution in [0.25, 0.3) is 0 Å². The lowest BCUT2D eigenvalue weighted by Gasteiger charge is -2.42. The third kappa shape index (κ3) is 9.09. The van der Waals surface area contributed by atoms with Gasteiger partial charge in [-0.1, -0.05) is 0 Å². The molecule has 0 saturated carbocycles. The standard InChI is InChI=1S/C40H56O23/c1-52-18-5-14(6-19(53-2)36(18)62-39-32(50)29(47)26(44)23(10-42)60-39)34-16-11-57-35(17(16)12-56-34)15-7-20(54-3)37(21(8-15)55-4)63-40-33(51)30(48)27(45)24(61-40)13-58-38-31(49)28(46)25(43)22(9-41)59-38/h5-8,16-17,22-35,38-51H,9-13H2,1-4H3/t16-,17-,22+,23+,24+,25+,26+,27+,28-,29-,30-,31+,32+,33+,34-,35+,38+,39-,40-/m0/s1. The number of rotatable bonds is 15. The van der Waals surface area contributed by atoms with Gasteiger partial charge in [0, 0.05) is 11.8 Å². The summed E-state index contributed by atoms with van der Waals surface area (Å²) in [6, 6.07) is 6.64. The van der Waals surface area contributed by atoms with Crippen molar-refractivity contribution in [1.29, 1.82) is 0 Å². The Balaban J connectivity index is 1.06. The highest BCUT2D eigenvalue weighted by molar-refractivity contribution is 5.56. The molecule has 11 N–H and O–H groups in total. The maximum absolute atomic E-state index is 10.9. The van der Waals surface area contributed by atoms with Gasteiger partial charge in [-0.3, -0.25) is 0 Å². The fourth-order valence-corrected chi connectivity index (χ4v) is 8.54. The Labute approximate surface area is 360 Å². The zero-order valence-electron chi connectivity index (χ0n) is 34.6. The first-order valence-electron chi connectivity index (χ1n) is 20.2. The molecule has 0 radical (unpaired) electrons. The molecule has 2 aromatic carbocycles. The summed E-state index contributed by atoms with van der Waals surface area (Å²) in [5.41, 5.74) is 1.27. The van der Waals surface area contributed by atoms with Gasteiger partial charge >= 0.3 is 0 Å². The van der Waals surface area contributed by atoms with Crippen molar-refractivity contribution in [3.8, 4) is 34.5 Å². The van der Waals surface area contributed by atoms with E-state index in [1.54, 1.807) is 24.3 Å². The lowest BCUT2D eigenvalue weighted by Crippen LogP contribution is -2.62. The quantitative estimate of drug-likeness (QED) is 0.0811. The summed E-state index contributed by atoms with van der Waals surface area (Å²) < 4.78 is 69.6. The van der Waals surface area contributed by atoms with Crippen molar-refractivity contribution >= 4 is 0 Å². The number of aliphatic hydroxyl groups is 11. The van der Waals surface area contributed by atoms with E-state index < -0.39 is 124 Å². The molecule has 0 spiro atoms. The summed E-state index contributed by atoms with van der Waals surface area (Å²) in [6.07, 6.45) is -24.9. The van der Waals surface area contributed by atoms with Crippen LogP contribution in [0.5, 0.6) is 34.5 Å². The van der Waals surface area contributed by atoms with Crippen LogP contribution >= 0.6 is 0 Å². The molecule has 63 heavy (non-hydrogen) atoms. The predicted octanol–water partition coefficient (Wildman–Crippen LogP) is -4.02. The minimum atomic E-state index is -1.81. The third-order valence-electron chi connectivity index (χ3n) is 12.1. The van der Waals surface area contributed by atoms with Crippen LogP contribution in [-0.2, 0) is 28.4 Å². The van der Waals surface area contributed by atoms with Crippen molar-refractivity contribution in [1.82, 2.24) is 0 Å². The first-order chi connectivity index (χ1) is 30.2. The van der Waals surface area contributed by atoms with E-state index in [1.165, 1.54) is 28.4 Å². The Morgan fingerprint density at radius 2 is 0.794 bits per heavy atom. The van der Waals surface area contributed by atoms with Crippen molar-refractivity contribution in [3.05, 3.63) is 35.4 Å². The smallest absolute Gasteiger partial charge is 0.229 e. The summed E-state index contributed by atoms with van der Waals surface area (Å²) in [5.74, 6) is 0.219. The van der Waals surface area contributed by atoms with Crippen LogP contribution in [0.2, 0.25) is 0 Å². The van der Waals surface area contributed by atoms with Gasteiger partial charge in [-0.15, -0.1) is 0 Å². The van der Waals surface area contributed by atoms with Gasteiger partial charge in [0.15, 0.2) is 29.3 Å². The molecule has 23 nitrogen and oxygen atoms in total. The van der Waals surface area contributed by atoms with Gasteiger partial charge in [-0.25, -0.2) is 0 Å². The minimum Gasteiger partial charge on any atom is -0.493 e. The van der Waals surface area contributed by atoms with Gasteiger partial charge in [0.2, 0.25) is 24.1 Å². The molecular weight excluding hydrogens is 848 g/mol. The maximum atomic E-state index is 10.9. The summed E-state index contributed by atoms with van der Waals surface area (Å²) in [7, 11) is 5.54. The number of benzene rings is 2. The lowest BCUT2D eigenvalue weighted by molar-refractivity contribution is -0.323. The molecule has 7 rings (SSSR count). The van der Waals surface area contributed by atoms with E-state index in [0.717, 1.165) is 0 Å². The normalized spacial score (nSPS) is 40.3. The monoisotopic (exact) mass is 904 g/mol. The van der Waals surface area contributed by atoms with Crippen LogP contribution in [-0.4, -0.2) is 210 Å². The Morgan fingerprint density at radius 3 is 1.16 bits per heavy atom. The highest BCUT2D eigenvalue weighted by atomic mass is 16.7. The molecule has 2 aromatic rings. The number of hydrogen-bond acceptors (Lipinski definition) is 23. The molecule has 5 heterocycles. The predicted molar refractivity (Wildman–Crippen MR) is 205 cm³/mol. The zero-order chi connectivity index (χ0) is 45.4. The lowest BCUT2D eigenvalue weighted by atomic mass is 9.84. The molecular formula is C40H56O23. The van der Waals surface area contributed by atoms with Gasteiger partial charge in [0.1, 0.15) is 73.2 Å². The number of hydrogen-bond donors (Lipinski definition) is 11. The second-order valence-electron chi connectivity index (χ2n) is 15.8. The van der Waals surface area contributed by atoms with Gasteiger partial charge in [0.25, 0.3) is 0 Å². The molecule has 23 heteroatoms. The minimum absolute atomic E-state index is 0.0263. The van der Waals surface area contributed by atoms with Crippen LogP contribution in [0.4, 0.5) is 0 Å². The van der Waals surface area contributed by atoms with Crippen LogP contribution in [0.1, 0.15) is 23.3 Å². The third-order valence-corrected chi connectivity index (χ3v) is 12.1. The highest BCUT2D eigenvalue weighted by Gasteiger charge is 2.51.